The molecule has 3 N–H and O–H groups in total. The molecule has 0 aliphatic carbocycles. The maximum Gasteiger partial charge on any atom is 0.227 e. The quantitative estimate of drug-likeness (QED) is 0.834. The summed E-state index contributed by atoms with van der Waals surface area (Å²) in [6.07, 6.45) is 2.39. The van der Waals surface area contributed by atoms with Gasteiger partial charge in [0, 0.05) is 18.0 Å². The number of nitrogens with two attached hydrogens (primary N) is 1. The van der Waals surface area contributed by atoms with E-state index in [0.717, 1.165) is 25.0 Å². The second-order valence-corrected chi connectivity index (χ2v) is 4.92. The van der Waals surface area contributed by atoms with Crippen molar-refractivity contribution in [1.29, 1.82) is 0 Å². The molecule has 1 aromatic carbocycles. The Morgan fingerprint density at radius 1 is 1.32 bits per heavy atom. The summed E-state index contributed by atoms with van der Waals surface area (Å²) in [5.74, 6) is -1.94. The lowest BCUT2D eigenvalue weighted by Crippen LogP contribution is -2.22. The summed E-state index contributed by atoms with van der Waals surface area (Å²) in [7, 11) is 0. The molecule has 1 amide bonds. The van der Waals surface area contributed by atoms with Crippen molar-refractivity contribution in [3.8, 4) is 0 Å². The maximum absolute atomic E-state index is 13.4. The molecule has 0 saturated carbocycles. The molecular formula is C14H20F2N2O. The number of hydrogen-bond acceptors (Lipinski definition) is 2. The second kappa shape index (κ2) is 7.19. The SMILES string of the molecule is CC(N)CCCC(C)C(=O)Nc1ccc(F)cc1F. The Morgan fingerprint density at radius 3 is 2.58 bits per heavy atom. The Hall–Kier alpha value is -1.49. The molecule has 1 aromatic rings. The lowest BCUT2D eigenvalue weighted by molar-refractivity contribution is -0.119. The number of benzene rings is 1. The average molecular weight is 270 g/mol. The van der Waals surface area contributed by atoms with Crippen LogP contribution in [0.4, 0.5) is 14.5 Å². The van der Waals surface area contributed by atoms with Crippen LogP contribution in [0.25, 0.3) is 0 Å². The van der Waals surface area contributed by atoms with Gasteiger partial charge in [-0.2, -0.15) is 0 Å². The summed E-state index contributed by atoms with van der Waals surface area (Å²) in [5, 5.41) is 2.46. The predicted octanol–water partition coefficient (Wildman–Crippen LogP) is 3.06. The molecule has 106 valence electrons. The van der Waals surface area contributed by atoms with Gasteiger partial charge in [-0.3, -0.25) is 4.79 Å². The Balaban J connectivity index is 2.49. The molecule has 0 fully saturated rings. The van der Waals surface area contributed by atoms with Crippen LogP contribution in [0.15, 0.2) is 18.2 Å². The first-order valence-corrected chi connectivity index (χ1v) is 6.41. The fraction of sp³-hybridized carbons (Fsp3) is 0.500. The van der Waals surface area contributed by atoms with Crippen molar-refractivity contribution in [2.24, 2.45) is 11.7 Å². The lowest BCUT2D eigenvalue weighted by atomic mass is 10.0. The zero-order valence-corrected chi connectivity index (χ0v) is 11.2. The molecule has 2 atom stereocenters. The molecule has 19 heavy (non-hydrogen) atoms. The minimum Gasteiger partial charge on any atom is -0.328 e. The number of carbonyl (C=O) groups excluding carboxylic acids is 1. The zero-order valence-electron chi connectivity index (χ0n) is 11.2. The lowest BCUT2D eigenvalue weighted by Gasteiger charge is -2.13. The van der Waals surface area contributed by atoms with E-state index in [1.807, 2.05) is 6.92 Å². The molecule has 0 spiro atoms. The third kappa shape index (κ3) is 5.34. The van der Waals surface area contributed by atoms with Crippen LogP contribution in [0.2, 0.25) is 0 Å². The first-order valence-electron chi connectivity index (χ1n) is 6.41. The number of nitrogens with one attached hydrogen (secondary N) is 1. The number of anilines is 1. The van der Waals surface area contributed by atoms with Gasteiger partial charge in [0.25, 0.3) is 0 Å². The molecular weight excluding hydrogens is 250 g/mol. The number of rotatable bonds is 6. The summed E-state index contributed by atoms with van der Waals surface area (Å²) in [4.78, 5) is 11.8. The molecule has 2 unspecified atom stereocenters. The van der Waals surface area contributed by atoms with Gasteiger partial charge in [-0.15, -0.1) is 0 Å². The van der Waals surface area contributed by atoms with Crippen LogP contribution in [0.5, 0.6) is 0 Å². The molecule has 0 aromatic heterocycles. The second-order valence-electron chi connectivity index (χ2n) is 4.92. The summed E-state index contributed by atoms with van der Waals surface area (Å²) >= 11 is 0. The van der Waals surface area contributed by atoms with E-state index in [9.17, 15) is 13.6 Å². The van der Waals surface area contributed by atoms with E-state index in [2.05, 4.69) is 5.32 Å². The van der Waals surface area contributed by atoms with E-state index in [1.165, 1.54) is 6.07 Å². The van der Waals surface area contributed by atoms with Crippen molar-refractivity contribution in [2.45, 2.75) is 39.2 Å². The van der Waals surface area contributed by atoms with Crippen molar-refractivity contribution in [1.82, 2.24) is 0 Å². The normalized spacial score (nSPS) is 13.9. The highest BCUT2D eigenvalue weighted by atomic mass is 19.1. The first-order chi connectivity index (χ1) is 8.90. The Morgan fingerprint density at radius 2 is 2.00 bits per heavy atom. The van der Waals surface area contributed by atoms with Crippen molar-refractivity contribution in [2.75, 3.05) is 5.32 Å². The molecule has 0 aliphatic rings. The van der Waals surface area contributed by atoms with Gasteiger partial charge in [-0.25, -0.2) is 8.78 Å². The third-order valence-electron chi connectivity index (χ3n) is 2.93. The number of carbonyl (C=O) groups is 1. The largest absolute Gasteiger partial charge is 0.328 e. The summed E-state index contributed by atoms with van der Waals surface area (Å²) < 4.78 is 26.1. The van der Waals surface area contributed by atoms with Gasteiger partial charge in [0.05, 0.1) is 5.69 Å². The van der Waals surface area contributed by atoms with Gasteiger partial charge in [0.2, 0.25) is 5.91 Å². The molecule has 0 saturated heterocycles. The van der Waals surface area contributed by atoms with E-state index in [1.54, 1.807) is 6.92 Å². The standard InChI is InChI=1S/C14H20F2N2O/c1-9(4-3-5-10(2)17)14(19)18-13-7-6-11(15)8-12(13)16/h6-10H,3-5,17H2,1-2H3,(H,18,19). The molecule has 0 aliphatic heterocycles. The zero-order chi connectivity index (χ0) is 14.4. The first kappa shape index (κ1) is 15.6. The average Bonchev–Trinajstić information content (AvgIpc) is 2.32. The highest BCUT2D eigenvalue weighted by molar-refractivity contribution is 5.92. The number of amides is 1. The van der Waals surface area contributed by atoms with Gasteiger partial charge in [-0.1, -0.05) is 13.3 Å². The Labute approximate surface area is 112 Å². The minimum absolute atomic E-state index is 0.00504. The summed E-state index contributed by atoms with van der Waals surface area (Å²) in [5.41, 5.74) is 5.63. The van der Waals surface area contributed by atoms with E-state index in [-0.39, 0.29) is 23.6 Å². The van der Waals surface area contributed by atoms with Gasteiger partial charge in [0.15, 0.2) is 0 Å². The Bertz CT molecular complexity index is 435. The monoisotopic (exact) mass is 270 g/mol. The van der Waals surface area contributed by atoms with Crippen molar-refractivity contribution < 1.29 is 13.6 Å². The molecule has 0 heterocycles. The molecule has 1 rings (SSSR count). The predicted molar refractivity (Wildman–Crippen MR) is 71.7 cm³/mol. The fourth-order valence-electron chi connectivity index (χ4n) is 1.72. The Kier molecular flexibility index (Phi) is 5.89. The third-order valence-corrected chi connectivity index (χ3v) is 2.93. The van der Waals surface area contributed by atoms with E-state index >= 15 is 0 Å². The van der Waals surface area contributed by atoms with Crippen LogP contribution in [-0.4, -0.2) is 11.9 Å². The maximum atomic E-state index is 13.4. The topological polar surface area (TPSA) is 55.1 Å². The molecule has 0 radical (unpaired) electrons. The van der Waals surface area contributed by atoms with E-state index < -0.39 is 11.6 Å². The van der Waals surface area contributed by atoms with E-state index in [4.69, 9.17) is 5.73 Å². The fourth-order valence-corrected chi connectivity index (χ4v) is 1.72. The van der Waals surface area contributed by atoms with Crippen LogP contribution < -0.4 is 11.1 Å². The van der Waals surface area contributed by atoms with Crippen LogP contribution in [0, 0.1) is 17.6 Å². The molecule has 5 heteroatoms. The van der Waals surface area contributed by atoms with Crippen LogP contribution >= 0.6 is 0 Å². The van der Waals surface area contributed by atoms with Gasteiger partial charge >= 0.3 is 0 Å². The summed E-state index contributed by atoms with van der Waals surface area (Å²) in [6, 6.07) is 3.19. The summed E-state index contributed by atoms with van der Waals surface area (Å²) in [6.45, 7) is 3.69. The number of halogens is 2. The van der Waals surface area contributed by atoms with Crippen LogP contribution in [-0.2, 0) is 4.79 Å². The van der Waals surface area contributed by atoms with Crippen molar-refractivity contribution in [3.63, 3.8) is 0 Å². The van der Waals surface area contributed by atoms with Crippen LogP contribution in [0.3, 0.4) is 0 Å². The van der Waals surface area contributed by atoms with Crippen molar-refractivity contribution >= 4 is 11.6 Å². The van der Waals surface area contributed by atoms with Gasteiger partial charge < -0.3 is 11.1 Å². The highest BCUT2D eigenvalue weighted by Crippen LogP contribution is 2.17. The molecule has 0 bridgehead atoms. The minimum atomic E-state index is -0.767. The number of hydrogen-bond donors (Lipinski definition) is 2. The van der Waals surface area contributed by atoms with Crippen molar-refractivity contribution in [3.05, 3.63) is 29.8 Å². The van der Waals surface area contributed by atoms with E-state index in [0.29, 0.717) is 6.42 Å². The molecule has 3 nitrogen and oxygen atoms in total. The van der Waals surface area contributed by atoms with Gasteiger partial charge in [0.1, 0.15) is 11.6 Å². The van der Waals surface area contributed by atoms with Gasteiger partial charge in [-0.05, 0) is 31.9 Å². The van der Waals surface area contributed by atoms with Crippen LogP contribution in [0.1, 0.15) is 33.1 Å². The smallest absolute Gasteiger partial charge is 0.227 e. The highest BCUT2D eigenvalue weighted by Gasteiger charge is 2.15.